The summed E-state index contributed by atoms with van der Waals surface area (Å²) < 4.78 is 3.81. The third-order valence-electron chi connectivity index (χ3n) is 4.52. The molecule has 2 aromatic heterocycles. The molecule has 4 rings (SSSR count). The van der Waals surface area contributed by atoms with Gasteiger partial charge in [0.2, 0.25) is 17.0 Å². The summed E-state index contributed by atoms with van der Waals surface area (Å²) in [5, 5.41) is 14.9. The minimum atomic E-state index is -0.158. The predicted octanol–water partition coefficient (Wildman–Crippen LogP) is 3.67. The zero-order chi connectivity index (χ0) is 22.3. The zero-order valence-corrected chi connectivity index (χ0v) is 18.2. The third-order valence-corrected chi connectivity index (χ3v) is 5.44. The average Bonchev–Trinajstić information content (AvgIpc) is 3.44. The smallest absolute Gasteiger partial charge is 0.234 e. The van der Waals surface area contributed by atoms with Crippen LogP contribution in [0, 0.1) is 0 Å². The quantitative estimate of drug-likeness (QED) is 0.403. The van der Waals surface area contributed by atoms with Crippen molar-refractivity contribution in [2.75, 3.05) is 16.4 Å². The maximum Gasteiger partial charge on any atom is 0.234 e. The van der Waals surface area contributed by atoms with Crippen LogP contribution in [-0.2, 0) is 16.0 Å². The fraction of sp³-hybridized carbons (Fsp3) is 0.130. The summed E-state index contributed by atoms with van der Waals surface area (Å²) in [6.45, 7) is 1.45. The minimum Gasteiger partial charge on any atom is -0.326 e. The van der Waals surface area contributed by atoms with Crippen LogP contribution < -0.4 is 10.6 Å². The van der Waals surface area contributed by atoms with Gasteiger partial charge in [-0.25, -0.2) is 4.68 Å². The number of nitrogens with zero attached hydrogens (tertiary/aromatic N) is 4. The van der Waals surface area contributed by atoms with Gasteiger partial charge < -0.3 is 10.6 Å². The van der Waals surface area contributed by atoms with Crippen LogP contribution >= 0.6 is 11.8 Å². The predicted molar refractivity (Wildman–Crippen MR) is 125 cm³/mol. The number of anilines is 2. The van der Waals surface area contributed by atoms with Gasteiger partial charge in [0.25, 0.3) is 0 Å². The molecule has 0 unspecified atom stereocenters. The van der Waals surface area contributed by atoms with Gasteiger partial charge in [-0.15, -0.1) is 10.2 Å². The largest absolute Gasteiger partial charge is 0.326 e. The summed E-state index contributed by atoms with van der Waals surface area (Å²) in [7, 11) is 0. The maximum absolute atomic E-state index is 12.5. The number of aromatic nitrogens is 4. The van der Waals surface area contributed by atoms with Crippen molar-refractivity contribution in [1.29, 1.82) is 0 Å². The normalized spacial score (nSPS) is 10.7. The topological polar surface area (TPSA) is 93.8 Å². The Labute approximate surface area is 189 Å². The molecule has 0 saturated carbocycles. The van der Waals surface area contributed by atoms with Crippen molar-refractivity contribution in [3.05, 3.63) is 90.5 Å². The summed E-state index contributed by atoms with van der Waals surface area (Å²) in [5.74, 6) is 0.660. The lowest BCUT2D eigenvalue weighted by atomic mass is 10.1. The van der Waals surface area contributed by atoms with Crippen molar-refractivity contribution in [2.45, 2.75) is 18.5 Å². The number of rotatable bonds is 8. The van der Waals surface area contributed by atoms with Crippen LogP contribution in [0.2, 0.25) is 0 Å². The van der Waals surface area contributed by atoms with Crippen molar-refractivity contribution in [2.24, 2.45) is 0 Å². The van der Waals surface area contributed by atoms with E-state index in [1.165, 1.54) is 18.7 Å². The van der Waals surface area contributed by atoms with E-state index in [2.05, 4.69) is 20.8 Å². The molecule has 0 atom stereocenters. The van der Waals surface area contributed by atoms with Gasteiger partial charge in [-0.05, 0) is 42.0 Å². The molecule has 8 nitrogen and oxygen atoms in total. The van der Waals surface area contributed by atoms with E-state index in [4.69, 9.17) is 0 Å². The lowest BCUT2D eigenvalue weighted by molar-refractivity contribution is -0.114. The first-order chi connectivity index (χ1) is 15.6. The molecule has 32 heavy (non-hydrogen) atoms. The first-order valence-electron chi connectivity index (χ1n) is 10.0. The van der Waals surface area contributed by atoms with Crippen LogP contribution in [0.4, 0.5) is 11.4 Å². The zero-order valence-electron chi connectivity index (χ0n) is 17.4. The van der Waals surface area contributed by atoms with Gasteiger partial charge in [0.05, 0.1) is 5.75 Å². The first-order valence-corrected chi connectivity index (χ1v) is 11.0. The lowest BCUT2D eigenvalue weighted by Crippen LogP contribution is -2.16. The monoisotopic (exact) mass is 446 g/mol. The molecule has 0 aliphatic rings. The number of hydrogen-bond donors (Lipinski definition) is 2. The Hall–Kier alpha value is -3.85. The van der Waals surface area contributed by atoms with Crippen LogP contribution in [0.25, 0.3) is 0 Å². The Morgan fingerprint density at radius 2 is 1.53 bits per heavy atom. The van der Waals surface area contributed by atoms with Gasteiger partial charge in [0.15, 0.2) is 5.82 Å². The number of carbonyl (C=O) groups is 2. The second kappa shape index (κ2) is 9.97. The van der Waals surface area contributed by atoms with E-state index < -0.39 is 0 Å². The number of carbonyl (C=O) groups excluding carboxylic acids is 2. The van der Waals surface area contributed by atoms with Gasteiger partial charge in [-0.3, -0.25) is 14.3 Å². The van der Waals surface area contributed by atoms with Crippen molar-refractivity contribution in [1.82, 2.24) is 19.5 Å². The highest BCUT2D eigenvalue weighted by Gasteiger charge is 2.16. The van der Waals surface area contributed by atoms with Crippen LogP contribution in [0.15, 0.2) is 84.3 Å². The second-order valence-electron chi connectivity index (χ2n) is 7.03. The van der Waals surface area contributed by atoms with Crippen LogP contribution in [0.5, 0.6) is 0 Å². The molecule has 0 spiro atoms. The van der Waals surface area contributed by atoms with Crippen LogP contribution in [-0.4, -0.2) is 37.1 Å². The molecule has 0 fully saturated rings. The van der Waals surface area contributed by atoms with Gasteiger partial charge in [0, 0.05) is 37.1 Å². The molecular formula is C23H22N6O2S. The molecule has 0 bridgehead atoms. The Bertz CT molecular complexity index is 1190. The third kappa shape index (κ3) is 5.44. The van der Waals surface area contributed by atoms with Crippen LogP contribution in [0.3, 0.4) is 0 Å². The maximum atomic E-state index is 12.5. The molecule has 0 saturated heterocycles. The minimum absolute atomic E-state index is 0.142. The average molecular weight is 447 g/mol. The lowest BCUT2D eigenvalue weighted by Gasteiger charge is -2.11. The number of hydrogen-bond acceptors (Lipinski definition) is 5. The summed E-state index contributed by atoms with van der Waals surface area (Å²) in [6.07, 6.45) is 4.46. The number of benzene rings is 2. The summed E-state index contributed by atoms with van der Waals surface area (Å²) >= 11 is 1.32. The highest BCUT2D eigenvalue weighted by molar-refractivity contribution is 7.99. The molecule has 2 heterocycles. The molecule has 0 radical (unpaired) electrons. The van der Waals surface area contributed by atoms with Gasteiger partial charge >= 0.3 is 0 Å². The van der Waals surface area contributed by atoms with E-state index in [0.29, 0.717) is 23.0 Å². The van der Waals surface area contributed by atoms with Gasteiger partial charge in [-0.1, -0.05) is 42.1 Å². The fourth-order valence-electron chi connectivity index (χ4n) is 3.13. The number of amides is 2. The van der Waals surface area contributed by atoms with E-state index in [1.54, 1.807) is 24.3 Å². The molecule has 9 heteroatoms. The van der Waals surface area contributed by atoms with E-state index in [9.17, 15) is 9.59 Å². The van der Waals surface area contributed by atoms with E-state index >= 15 is 0 Å². The first kappa shape index (κ1) is 21.4. The van der Waals surface area contributed by atoms with Crippen LogP contribution in [0.1, 0.15) is 18.3 Å². The number of nitrogens with one attached hydrogen (secondary N) is 2. The Morgan fingerprint density at radius 3 is 2.19 bits per heavy atom. The number of thioether (sulfide) groups is 1. The Morgan fingerprint density at radius 1 is 0.875 bits per heavy atom. The summed E-state index contributed by atoms with van der Waals surface area (Å²) in [5.41, 5.74) is 2.46. The molecule has 162 valence electrons. The van der Waals surface area contributed by atoms with Crippen molar-refractivity contribution >= 4 is 35.0 Å². The molecule has 4 aromatic rings. The molecule has 0 aliphatic heterocycles. The highest BCUT2D eigenvalue weighted by Crippen LogP contribution is 2.20. The Kier molecular flexibility index (Phi) is 6.66. The van der Waals surface area contributed by atoms with Crippen molar-refractivity contribution in [3.8, 4) is 0 Å². The van der Waals surface area contributed by atoms with E-state index in [-0.39, 0.29) is 17.6 Å². The molecular weight excluding hydrogens is 424 g/mol. The summed E-state index contributed by atoms with van der Waals surface area (Å²) in [4.78, 5) is 23.6. The molecule has 2 amide bonds. The van der Waals surface area contributed by atoms with E-state index in [0.717, 1.165) is 11.4 Å². The standard InChI is InChI=1S/C23H22N6O2S/c1-17(30)24-19-9-11-20(12-10-19)25-22(31)16-32-23-27-26-21(15-18-7-3-2-4-8-18)29(23)28-13-5-6-14-28/h2-14H,15-16H2,1H3,(H,24,30)(H,25,31). The van der Waals surface area contributed by atoms with Gasteiger partial charge in [-0.2, -0.15) is 0 Å². The van der Waals surface area contributed by atoms with Crippen molar-refractivity contribution in [3.63, 3.8) is 0 Å². The fourth-order valence-corrected chi connectivity index (χ4v) is 3.89. The van der Waals surface area contributed by atoms with Gasteiger partial charge in [0.1, 0.15) is 0 Å². The summed E-state index contributed by atoms with van der Waals surface area (Å²) in [6, 6.07) is 20.9. The Balaban J connectivity index is 1.43. The molecule has 2 aromatic carbocycles. The molecule has 2 N–H and O–H groups in total. The molecule has 0 aliphatic carbocycles. The van der Waals surface area contributed by atoms with E-state index in [1.807, 2.05) is 64.2 Å². The van der Waals surface area contributed by atoms with Crippen molar-refractivity contribution < 1.29 is 9.59 Å². The highest BCUT2D eigenvalue weighted by atomic mass is 32.2. The SMILES string of the molecule is CC(=O)Nc1ccc(NC(=O)CSc2nnc(Cc3ccccc3)n2-n2cccc2)cc1. The second-order valence-corrected chi connectivity index (χ2v) is 7.97.